The average molecular weight is 450 g/mol. The highest BCUT2D eigenvalue weighted by atomic mass is 19.4. The first-order chi connectivity index (χ1) is 15.2. The van der Waals surface area contributed by atoms with E-state index in [2.05, 4.69) is 26.8 Å². The molecule has 11 heteroatoms. The Kier molecular flexibility index (Phi) is 5.93. The molecule has 1 aliphatic carbocycles. The highest BCUT2D eigenvalue weighted by Gasteiger charge is 2.40. The van der Waals surface area contributed by atoms with Gasteiger partial charge >= 0.3 is 12.1 Å². The number of halogens is 3. The van der Waals surface area contributed by atoms with Crippen LogP contribution in [-0.4, -0.2) is 56.0 Å². The maximum absolute atomic E-state index is 10.6. The number of carboxylic acids is 1. The van der Waals surface area contributed by atoms with Crippen molar-refractivity contribution in [2.24, 2.45) is 5.41 Å². The summed E-state index contributed by atoms with van der Waals surface area (Å²) >= 11 is 0. The summed E-state index contributed by atoms with van der Waals surface area (Å²) in [5.41, 5.74) is 2.39. The van der Waals surface area contributed by atoms with Crippen LogP contribution in [0.3, 0.4) is 0 Å². The van der Waals surface area contributed by atoms with Gasteiger partial charge in [-0.05, 0) is 69.7 Å². The predicted octanol–water partition coefficient (Wildman–Crippen LogP) is 3.55. The third-order valence-electron chi connectivity index (χ3n) is 6.23. The van der Waals surface area contributed by atoms with Crippen molar-refractivity contribution in [3.05, 3.63) is 30.1 Å². The summed E-state index contributed by atoms with van der Waals surface area (Å²) in [6, 6.07) is 8.64. The Balaban J connectivity index is 0.000000307. The molecule has 1 saturated carbocycles. The molecule has 2 aromatic heterocycles. The number of carboxylic acid groups (broad SMARTS) is 1. The van der Waals surface area contributed by atoms with E-state index in [1.54, 1.807) is 0 Å². The molecular weight excluding hydrogens is 425 g/mol. The number of aryl methyl sites for hydroxylation is 1. The van der Waals surface area contributed by atoms with Gasteiger partial charge in [-0.3, -0.25) is 0 Å². The summed E-state index contributed by atoms with van der Waals surface area (Å²) in [5, 5.41) is 19.9. The van der Waals surface area contributed by atoms with Crippen molar-refractivity contribution in [2.45, 2.75) is 51.2 Å². The molecule has 0 bridgehead atoms. The smallest absolute Gasteiger partial charge is 0.475 e. The molecule has 1 unspecified atom stereocenters. The van der Waals surface area contributed by atoms with Crippen LogP contribution >= 0.6 is 0 Å². The predicted molar refractivity (Wildman–Crippen MR) is 113 cm³/mol. The number of anilines is 1. The van der Waals surface area contributed by atoms with Gasteiger partial charge in [0.2, 0.25) is 5.95 Å². The van der Waals surface area contributed by atoms with E-state index in [1.807, 2.05) is 29.6 Å². The minimum absolute atomic E-state index is 0.472. The van der Waals surface area contributed by atoms with Gasteiger partial charge in [-0.25, -0.2) is 14.8 Å². The van der Waals surface area contributed by atoms with E-state index in [4.69, 9.17) is 14.9 Å². The number of aromatic nitrogens is 4. The van der Waals surface area contributed by atoms with Crippen molar-refractivity contribution < 1.29 is 23.1 Å². The Morgan fingerprint density at radius 3 is 2.59 bits per heavy atom. The first kappa shape index (κ1) is 22.3. The lowest BCUT2D eigenvalue weighted by molar-refractivity contribution is -0.192. The Bertz CT molecular complexity index is 1120. The second-order valence-electron chi connectivity index (χ2n) is 8.48. The van der Waals surface area contributed by atoms with E-state index >= 15 is 0 Å². The van der Waals surface area contributed by atoms with Gasteiger partial charge in [-0.1, -0.05) is 12.1 Å². The summed E-state index contributed by atoms with van der Waals surface area (Å²) in [6.45, 7) is 4.26. The number of para-hydroxylation sites is 1. The van der Waals surface area contributed by atoms with Crippen LogP contribution in [0.5, 0.6) is 0 Å². The van der Waals surface area contributed by atoms with Crippen LogP contribution in [0.2, 0.25) is 0 Å². The Morgan fingerprint density at radius 1 is 1.22 bits per heavy atom. The van der Waals surface area contributed by atoms with E-state index < -0.39 is 12.1 Å². The summed E-state index contributed by atoms with van der Waals surface area (Å²) in [6.07, 6.45) is 1.28. The normalized spacial score (nSPS) is 20.3. The maximum Gasteiger partial charge on any atom is 0.490 e. The third kappa shape index (κ3) is 4.62. The number of hydrogen-bond acceptors (Lipinski definition) is 6. The van der Waals surface area contributed by atoms with Gasteiger partial charge in [-0.2, -0.15) is 17.7 Å². The number of nitrogens with one attached hydrogen (secondary N) is 2. The van der Waals surface area contributed by atoms with E-state index in [0.717, 1.165) is 41.4 Å². The number of carbonyl (C=O) groups is 1. The van der Waals surface area contributed by atoms with Crippen LogP contribution in [-0.2, 0) is 4.79 Å². The Labute approximate surface area is 182 Å². The summed E-state index contributed by atoms with van der Waals surface area (Å²) in [4.78, 5) is 18.4. The molecule has 1 aromatic carbocycles. The SMILES string of the molecule is Cc1nc2c3ccccc3nc(NC3CCC4(CCNCC4)C3)n2n1.O=C(O)C(F)(F)F. The molecule has 32 heavy (non-hydrogen) atoms. The van der Waals surface area contributed by atoms with Gasteiger partial charge in [0, 0.05) is 11.4 Å². The van der Waals surface area contributed by atoms with Gasteiger partial charge in [0.05, 0.1) is 5.52 Å². The largest absolute Gasteiger partial charge is 0.490 e. The zero-order valence-electron chi connectivity index (χ0n) is 17.6. The van der Waals surface area contributed by atoms with Gasteiger partial charge in [0.1, 0.15) is 5.82 Å². The van der Waals surface area contributed by atoms with Gasteiger partial charge in [0.25, 0.3) is 0 Å². The highest BCUT2D eigenvalue weighted by Crippen LogP contribution is 2.45. The fraction of sp³-hybridized carbons (Fsp3) is 0.524. The lowest BCUT2D eigenvalue weighted by Gasteiger charge is -2.34. The minimum Gasteiger partial charge on any atom is -0.475 e. The number of hydrogen-bond donors (Lipinski definition) is 3. The first-order valence-electron chi connectivity index (χ1n) is 10.6. The first-order valence-corrected chi connectivity index (χ1v) is 10.6. The molecule has 1 spiro atoms. The maximum atomic E-state index is 10.6. The molecule has 5 rings (SSSR count). The number of rotatable bonds is 2. The lowest BCUT2D eigenvalue weighted by atomic mass is 9.77. The van der Waals surface area contributed by atoms with Crippen LogP contribution in [0.1, 0.15) is 37.9 Å². The van der Waals surface area contributed by atoms with E-state index in [9.17, 15) is 13.2 Å². The zero-order valence-corrected chi connectivity index (χ0v) is 17.6. The molecule has 8 nitrogen and oxygen atoms in total. The minimum atomic E-state index is -5.08. The topological polar surface area (TPSA) is 104 Å². The summed E-state index contributed by atoms with van der Waals surface area (Å²) in [7, 11) is 0. The van der Waals surface area contributed by atoms with E-state index in [-0.39, 0.29) is 0 Å². The number of piperidine rings is 1. The van der Waals surface area contributed by atoms with Crippen molar-refractivity contribution in [1.82, 2.24) is 24.9 Å². The fourth-order valence-electron chi connectivity index (χ4n) is 4.68. The highest BCUT2D eigenvalue weighted by molar-refractivity contribution is 5.92. The molecule has 2 aliphatic rings. The molecule has 0 radical (unpaired) electrons. The van der Waals surface area contributed by atoms with Crippen LogP contribution in [0.4, 0.5) is 19.1 Å². The third-order valence-corrected chi connectivity index (χ3v) is 6.23. The van der Waals surface area contributed by atoms with Gasteiger partial charge in [-0.15, -0.1) is 5.10 Å². The van der Waals surface area contributed by atoms with Crippen molar-refractivity contribution in [3.63, 3.8) is 0 Å². The van der Waals surface area contributed by atoms with Gasteiger partial charge in [0.15, 0.2) is 5.65 Å². The van der Waals surface area contributed by atoms with Crippen LogP contribution < -0.4 is 10.6 Å². The molecular formula is C21H25F3N6O2. The van der Waals surface area contributed by atoms with Crippen molar-refractivity contribution >= 4 is 28.5 Å². The molecule has 3 aromatic rings. The van der Waals surface area contributed by atoms with Crippen LogP contribution in [0, 0.1) is 12.3 Å². The molecule has 172 valence electrons. The second-order valence-corrected chi connectivity index (χ2v) is 8.48. The molecule has 1 aliphatic heterocycles. The Hall–Kier alpha value is -2.95. The van der Waals surface area contributed by atoms with E-state index in [0.29, 0.717) is 11.5 Å². The number of fused-ring (bicyclic) bond motifs is 3. The van der Waals surface area contributed by atoms with Crippen molar-refractivity contribution in [1.29, 1.82) is 0 Å². The zero-order chi connectivity index (χ0) is 22.9. The Morgan fingerprint density at radius 2 is 1.91 bits per heavy atom. The second kappa shape index (κ2) is 8.53. The number of benzene rings is 1. The number of alkyl halides is 3. The summed E-state index contributed by atoms with van der Waals surface area (Å²) in [5.74, 6) is -1.15. The molecule has 3 heterocycles. The molecule has 0 amide bonds. The number of nitrogens with zero attached hydrogens (tertiary/aromatic N) is 4. The molecule has 2 fully saturated rings. The average Bonchev–Trinajstić information content (AvgIpc) is 3.32. The lowest BCUT2D eigenvalue weighted by Crippen LogP contribution is -2.35. The van der Waals surface area contributed by atoms with E-state index in [1.165, 1.54) is 32.1 Å². The standard InChI is InChI=1S/C19H24N6.C2HF3O2/c1-13-21-17-15-4-2-3-5-16(15)23-18(25(17)24-13)22-14-6-7-19(12-14)8-10-20-11-9-19;3-2(4,5)1(6)7/h2-5,14,20H,6-12H2,1H3,(H,22,23);(H,6,7). The summed E-state index contributed by atoms with van der Waals surface area (Å²) < 4.78 is 33.6. The quantitative estimate of drug-likeness (QED) is 0.548. The molecule has 3 N–H and O–H groups in total. The van der Waals surface area contributed by atoms with Crippen molar-refractivity contribution in [3.8, 4) is 0 Å². The van der Waals surface area contributed by atoms with Crippen molar-refractivity contribution in [2.75, 3.05) is 18.4 Å². The van der Waals surface area contributed by atoms with Crippen LogP contribution in [0.25, 0.3) is 16.6 Å². The fourth-order valence-corrected chi connectivity index (χ4v) is 4.68. The monoisotopic (exact) mass is 450 g/mol. The number of aliphatic carboxylic acids is 1. The molecule has 1 atom stereocenters. The van der Waals surface area contributed by atoms with Gasteiger partial charge < -0.3 is 15.7 Å². The molecule has 1 saturated heterocycles. The van der Waals surface area contributed by atoms with Crippen LogP contribution in [0.15, 0.2) is 24.3 Å².